The van der Waals surface area contributed by atoms with Crippen molar-refractivity contribution in [3.8, 4) is 0 Å². The molecule has 4 nitrogen and oxygen atoms in total. The van der Waals surface area contributed by atoms with Crippen LogP contribution in [-0.2, 0) is 17.8 Å². The van der Waals surface area contributed by atoms with Crippen molar-refractivity contribution in [1.29, 1.82) is 0 Å². The summed E-state index contributed by atoms with van der Waals surface area (Å²) in [6.45, 7) is 3.83. The molecule has 0 radical (unpaired) electrons. The zero-order valence-corrected chi connectivity index (χ0v) is 12.2. The molecule has 4 heteroatoms. The second kappa shape index (κ2) is 5.70. The minimum Gasteiger partial charge on any atom is -0.468 e. The summed E-state index contributed by atoms with van der Waals surface area (Å²) in [5.41, 5.74) is 0. The van der Waals surface area contributed by atoms with Crippen molar-refractivity contribution in [3.63, 3.8) is 0 Å². The molecular weight excluding hydrogens is 264 g/mol. The van der Waals surface area contributed by atoms with Gasteiger partial charge in [-0.15, -0.1) is 0 Å². The summed E-state index contributed by atoms with van der Waals surface area (Å²) in [5.74, 6) is 1.69. The number of fused-ring (bicyclic) bond motifs is 1. The molecular formula is C17H22N2O2. The van der Waals surface area contributed by atoms with Crippen LogP contribution in [0.3, 0.4) is 0 Å². The number of nitrogens with zero attached hydrogens (tertiary/aromatic N) is 2. The zero-order valence-electron chi connectivity index (χ0n) is 12.2. The van der Waals surface area contributed by atoms with Crippen LogP contribution in [0, 0.1) is 5.92 Å². The van der Waals surface area contributed by atoms with E-state index in [4.69, 9.17) is 9.15 Å². The summed E-state index contributed by atoms with van der Waals surface area (Å²) in [6, 6.07) is 8.77. The van der Waals surface area contributed by atoms with Gasteiger partial charge in [-0.05, 0) is 37.1 Å². The molecule has 3 atom stereocenters. The van der Waals surface area contributed by atoms with E-state index in [9.17, 15) is 0 Å². The quantitative estimate of drug-likeness (QED) is 0.866. The molecule has 2 fully saturated rings. The van der Waals surface area contributed by atoms with E-state index in [0.29, 0.717) is 18.1 Å². The van der Waals surface area contributed by atoms with Crippen molar-refractivity contribution in [2.45, 2.75) is 38.1 Å². The van der Waals surface area contributed by atoms with Gasteiger partial charge < -0.3 is 13.7 Å². The standard InChI is InChI=1S/C17H22N2O2/c1-2-8-18(7-1)12-14-5-6-16-17(14)21-11-9-19(16)13-15-4-3-10-20-15/h1-4,7-8,10,14,16-17H,5-6,9,11-13H2. The van der Waals surface area contributed by atoms with Crippen LogP contribution in [0.4, 0.5) is 0 Å². The molecule has 112 valence electrons. The van der Waals surface area contributed by atoms with Gasteiger partial charge in [-0.2, -0.15) is 0 Å². The minimum absolute atomic E-state index is 0.371. The molecule has 2 aromatic heterocycles. The zero-order chi connectivity index (χ0) is 14.1. The van der Waals surface area contributed by atoms with Crippen LogP contribution in [-0.4, -0.2) is 34.8 Å². The Labute approximate surface area is 125 Å². The Balaban J connectivity index is 1.44. The monoisotopic (exact) mass is 286 g/mol. The molecule has 1 saturated heterocycles. The van der Waals surface area contributed by atoms with Gasteiger partial charge >= 0.3 is 0 Å². The van der Waals surface area contributed by atoms with E-state index < -0.39 is 0 Å². The largest absolute Gasteiger partial charge is 0.468 e. The highest BCUT2D eigenvalue weighted by molar-refractivity contribution is 5.02. The topological polar surface area (TPSA) is 30.5 Å². The van der Waals surface area contributed by atoms with Crippen molar-refractivity contribution in [1.82, 2.24) is 9.47 Å². The SMILES string of the molecule is c1coc(CN2CCOC3C(Cn4cccc4)CCC32)c1. The molecule has 0 spiro atoms. The third-order valence-electron chi connectivity index (χ3n) is 4.89. The van der Waals surface area contributed by atoms with Crippen LogP contribution in [0.2, 0.25) is 0 Å². The van der Waals surface area contributed by atoms with Gasteiger partial charge in [0.15, 0.2) is 0 Å². The molecule has 0 N–H and O–H groups in total. The number of furan rings is 1. The van der Waals surface area contributed by atoms with Crippen molar-refractivity contribution in [3.05, 3.63) is 48.7 Å². The van der Waals surface area contributed by atoms with Gasteiger partial charge in [0.05, 0.1) is 25.5 Å². The lowest BCUT2D eigenvalue weighted by atomic mass is 10.0. The van der Waals surface area contributed by atoms with Crippen LogP contribution < -0.4 is 0 Å². The van der Waals surface area contributed by atoms with Gasteiger partial charge in [0.25, 0.3) is 0 Å². The molecule has 0 aromatic carbocycles. The summed E-state index contributed by atoms with van der Waals surface area (Å²) in [7, 11) is 0. The Morgan fingerprint density at radius 2 is 2.05 bits per heavy atom. The number of rotatable bonds is 4. The summed E-state index contributed by atoms with van der Waals surface area (Å²) >= 11 is 0. The first kappa shape index (κ1) is 13.2. The van der Waals surface area contributed by atoms with Crippen LogP contribution in [0.15, 0.2) is 47.3 Å². The molecule has 1 saturated carbocycles. The molecule has 3 heterocycles. The molecule has 0 amide bonds. The fourth-order valence-electron chi connectivity index (χ4n) is 3.89. The lowest BCUT2D eigenvalue weighted by molar-refractivity contribution is -0.0800. The molecule has 4 rings (SSSR count). The van der Waals surface area contributed by atoms with E-state index in [0.717, 1.165) is 32.0 Å². The minimum atomic E-state index is 0.371. The third kappa shape index (κ3) is 2.65. The van der Waals surface area contributed by atoms with E-state index in [-0.39, 0.29) is 0 Å². The molecule has 1 aliphatic heterocycles. The number of morpholine rings is 1. The summed E-state index contributed by atoms with van der Waals surface area (Å²) in [4.78, 5) is 2.54. The Hall–Kier alpha value is -1.52. The highest BCUT2D eigenvalue weighted by Crippen LogP contribution is 2.36. The predicted molar refractivity (Wildman–Crippen MR) is 79.8 cm³/mol. The van der Waals surface area contributed by atoms with Crippen LogP contribution in [0.1, 0.15) is 18.6 Å². The number of aromatic nitrogens is 1. The van der Waals surface area contributed by atoms with Crippen LogP contribution in [0.5, 0.6) is 0 Å². The Morgan fingerprint density at radius 3 is 2.86 bits per heavy atom. The van der Waals surface area contributed by atoms with Crippen molar-refractivity contribution < 1.29 is 9.15 Å². The first-order valence-corrected chi connectivity index (χ1v) is 7.89. The van der Waals surface area contributed by atoms with E-state index in [1.165, 1.54) is 12.8 Å². The van der Waals surface area contributed by atoms with Gasteiger partial charge in [-0.1, -0.05) is 0 Å². The Bertz CT molecular complexity index is 549. The Kier molecular flexibility index (Phi) is 3.57. The average Bonchev–Trinajstić information content (AvgIpc) is 3.22. The van der Waals surface area contributed by atoms with E-state index in [1.54, 1.807) is 6.26 Å². The third-order valence-corrected chi connectivity index (χ3v) is 4.89. The summed E-state index contributed by atoms with van der Waals surface area (Å²) in [5, 5.41) is 0. The molecule has 0 bridgehead atoms. The maximum atomic E-state index is 6.13. The average molecular weight is 286 g/mol. The van der Waals surface area contributed by atoms with Crippen molar-refractivity contribution in [2.75, 3.05) is 13.2 Å². The number of ether oxygens (including phenoxy) is 1. The lowest BCUT2D eigenvalue weighted by Gasteiger charge is -2.39. The van der Waals surface area contributed by atoms with Gasteiger partial charge in [0.1, 0.15) is 5.76 Å². The van der Waals surface area contributed by atoms with E-state index >= 15 is 0 Å². The van der Waals surface area contributed by atoms with Gasteiger partial charge in [-0.25, -0.2) is 0 Å². The normalized spacial score (nSPS) is 29.6. The fourth-order valence-corrected chi connectivity index (χ4v) is 3.89. The van der Waals surface area contributed by atoms with Crippen LogP contribution in [0.25, 0.3) is 0 Å². The van der Waals surface area contributed by atoms with Gasteiger partial charge in [-0.3, -0.25) is 4.90 Å². The predicted octanol–water partition coefficient (Wildman–Crippen LogP) is 2.76. The summed E-state index contributed by atoms with van der Waals surface area (Å²) in [6.07, 6.45) is 8.92. The molecule has 2 aromatic rings. The summed E-state index contributed by atoms with van der Waals surface area (Å²) < 4.78 is 13.9. The van der Waals surface area contributed by atoms with E-state index in [2.05, 4.69) is 40.1 Å². The number of hydrogen-bond donors (Lipinski definition) is 0. The first-order valence-electron chi connectivity index (χ1n) is 7.89. The first-order chi connectivity index (χ1) is 10.4. The Morgan fingerprint density at radius 1 is 1.14 bits per heavy atom. The molecule has 1 aliphatic carbocycles. The van der Waals surface area contributed by atoms with Gasteiger partial charge in [0.2, 0.25) is 0 Å². The smallest absolute Gasteiger partial charge is 0.117 e. The second-order valence-electron chi connectivity index (χ2n) is 6.17. The second-order valence-corrected chi connectivity index (χ2v) is 6.17. The van der Waals surface area contributed by atoms with Crippen molar-refractivity contribution in [2.24, 2.45) is 5.92 Å². The van der Waals surface area contributed by atoms with Gasteiger partial charge in [0, 0.05) is 37.4 Å². The van der Waals surface area contributed by atoms with E-state index in [1.807, 2.05) is 6.07 Å². The number of hydrogen-bond acceptors (Lipinski definition) is 3. The molecule has 21 heavy (non-hydrogen) atoms. The molecule has 2 aliphatic rings. The highest BCUT2D eigenvalue weighted by Gasteiger charge is 2.42. The maximum absolute atomic E-state index is 6.13. The maximum Gasteiger partial charge on any atom is 0.117 e. The highest BCUT2D eigenvalue weighted by atomic mass is 16.5. The molecule has 3 unspecified atom stereocenters. The van der Waals surface area contributed by atoms with Crippen molar-refractivity contribution >= 4 is 0 Å². The van der Waals surface area contributed by atoms with Crippen LogP contribution >= 0.6 is 0 Å². The fraction of sp³-hybridized carbons (Fsp3) is 0.529. The lowest BCUT2D eigenvalue weighted by Crippen LogP contribution is -2.50.